The molecule has 2 N–H and O–H groups in total. The number of aromatic nitrogens is 2. The van der Waals surface area contributed by atoms with E-state index >= 15 is 0 Å². The molecule has 0 unspecified atom stereocenters. The summed E-state index contributed by atoms with van der Waals surface area (Å²) >= 11 is 0. The Morgan fingerprint density at radius 3 is 2.80 bits per heavy atom. The molecule has 0 spiro atoms. The van der Waals surface area contributed by atoms with Crippen LogP contribution in [-0.2, 0) is 7.05 Å². The average Bonchev–Trinajstić information content (AvgIpc) is 1.93. The van der Waals surface area contributed by atoms with Gasteiger partial charge in [-0.2, -0.15) is 0 Å². The smallest absolute Gasteiger partial charge is 0.276 e. The Bertz CT molecular complexity index is 302. The van der Waals surface area contributed by atoms with Gasteiger partial charge < -0.3 is 10.3 Å². The number of aryl methyl sites for hydroxylation is 2. The number of nitrogen functional groups attached to an aromatic ring is 1. The molecule has 0 amide bonds. The summed E-state index contributed by atoms with van der Waals surface area (Å²) in [6.07, 6.45) is 1.45. The highest BCUT2D eigenvalue weighted by Crippen LogP contribution is 1.95. The van der Waals surface area contributed by atoms with Crippen LogP contribution in [0.5, 0.6) is 0 Å². The van der Waals surface area contributed by atoms with Crippen molar-refractivity contribution in [1.29, 1.82) is 0 Å². The summed E-state index contributed by atoms with van der Waals surface area (Å²) in [4.78, 5) is 14.9. The van der Waals surface area contributed by atoms with Gasteiger partial charge in [-0.3, -0.25) is 4.79 Å². The normalized spacial score (nSPS) is 9.80. The van der Waals surface area contributed by atoms with Crippen LogP contribution in [0.3, 0.4) is 0 Å². The molecule has 4 heteroatoms. The van der Waals surface area contributed by atoms with Crippen LogP contribution in [0, 0.1) is 6.92 Å². The molecule has 0 bridgehead atoms. The van der Waals surface area contributed by atoms with Gasteiger partial charge in [-0.15, -0.1) is 0 Å². The molecule has 10 heavy (non-hydrogen) atoms. The van der Waals surface area contributed by atoms with Crippen LogP contribution in [0.15, 0.2) is 11.1 Å². The van der Waals surface area contributed by atoms with Crippen molar-refractivity contribution >= 4 is 5.69 Å². The van der Waals surface area contributed by atoms with Crippen molar-refractivity contribution in [2.24, 2.45) is 7.05 Å². The molecule has 0 radical (unpaired) electrons. The number of hydrogen-bond acceptors (Lipinski definition) is 3. The molecule has 0 saturated heterocycles. The van der Waals surface area contributed by atoms with E-state index in [2.05, 4.69) is 4.98 Å². The van der Waals surface area contributed by atoms with Crippen LogP contribution in [0.25, 0.3) is 0 Å². The van der Waals surface area contributed by atoms with E-state index in [4.69, 9.17) is 5.73 Å². The molecule has 54 valence electrons. The fourth-order valence-corrected chi connectivity index (χ4v) is 0.640. The molecule has 0 aliphatic rings. The zero-order valence-electron chi connectivity index (χ0n) is 5.96. The first-order chi connectivity index (χ1) is 4.63. The van der Waals surface area contributed by atoms with E-state index in [1.165, 1.54) is 10.9 Å². The van der Waals surface area contributed by atoms with Crippen molar-refractivity contribution in [3.05, 3.63) is 22.4 Å². The van der Waals surface area contributed by atoms with E-state index in [1.807, 2.05) is 0 Å². The Morgan fingerprint density at radius 2 is 2.30 bits per heavy atom. The van der Waals surface area contributed by atoms with Crippen molar-refractivity contribution in [3.8, 4) is 0 Å². The molecule has 1 rings (SSSR count). The molecule has 1 aromatic heterocycles. The molecular weight excluding hydrogens is 130 g/mol. The van der Waals surface area contributed by atoms with Crippen molar-refractivity contribution in [2.75, 3.05) is 5.73 Å². The van der Waals surface area contributed by atoms with Crippen molar-refractivity contribution in [2.45, 2.75) is 6.92 Å². The molecule has 0 saturated carbocycles. The Morgan fingerprint density at radius 1 is 1.70 bits per heavy atom. The van der Waals surface area contributed by atoms with Gasteiger partial charge in [-0.1, -0.05) is 0 Å². The van der Waals surface area contributed by atoms with Crippen LogP contribution < -0.4 is 11.3 Å². The number of rotatable bonds is 0. The third-order valence-electron chi connectivity index (χ3n) is 1.37. The lowest BCUT2D eigenvalue weighted by Crippen LogP contribution is -2.21. The molecule has 1 aromatic rings. The highest BCUT2D eigenvalue weighted by atomic mass is 16.1. The number of nitrogens with zero attached hydrogens (tertiary/aromatic N) is 2. The van der Waals surface area contributed by atoms with Gasteiger partial charge in [0.25, 0.3) is 5.56 Å². The van der Waals surface area contributed by atoms with Crippen LogP contribution in [0.1, 0.15) is 5.69 Å². The summed E-state index contributed by atoms with van der Waals surface area (Å²) in [6, 6.07) is 0. The SMILES string of the molecule is Cc1ncn(C)c(=O)c1N. The third-order valence-corrected chi connectivity index (χ3v) is 1.37. The fraction of sp³-hybridized carbons (Fsp3) is 0.333. The summed E-state index contributed by atoms with van der Waals surface area (Å²) < 4.78 is 1.35. The second kappa shape index (κ2) is 2.13. The van der Waals surface area contributed by atoms with E-state index in [9.17, 15) is 4.79 Å². The third kappa shape index (κ3) is 0.877. The fourth-order valence-electron chi connectivity index (χ4n) is 0.640. The van der Waals surface area contributed by atoms with Gasteiger partial charge in [-0.05, 0) is 6.92 Å². The minimum Gasteiger partial charge on any atom is -0.393 e. The molecule has 0 aromatic carbocycles. The van der Waals surface area contributed by atoms with Crippen molar-refractivity contribution < 1.29 is 0 Å². The average molecular weight is 139 g/mol. The first-order valence-electron chi connectivity index (χ1n) is 2.90. The lowest BCUT2D eigenvalue weighted by molar-refractivity contribution is 0.819. The molecule has 0 fully saturated rings. The maximum absolute atomic E-state index is 11.0. The summed E-state index contributed by atoms with van der Waals surface area (Å²) in [5, 5.41) is 0. The first kappa shape index (κ1) is 6.80. The zero-order valence-corrected chi connectivity index (χ0v) is 5.96. The highest BCUT2D eigenvalue weighted by molar-refractivity contribution is 5.38. The summed E-state index contributed by atoms with van der Waals surface area (Å²) in [7, 11) is 1.62. The Hall–Kier alpha value is -1.32. The van der Waals surface area contributed by atoms with Crippen LogP contribution in [0.2, 0.25) is 0 Å². The van der Waals surface area contributed by atoms with E-state index in [-0.39, 0.29) is 11.2 Å². The lowest BCUT2D eigenvalue weighted by atomic mass is 10.4. The summed E-state index contributed by atoms with van der Waals surface area (Å²) in [5.74, 6) is 0. The predicted octanol–water partition coefficient (Wildman–Crippen LogP) is -0.329. The standard InChI is InChI=1S/C6H9N3O/c1-4-5(7)6(10)9(2)3-8-4/h3H,7H2,1-2H3. The Labute approximate surface area is 58.3 Å². The van der Waals surface area contributed by atoms with E-state index < -0.39 is 0 Å². The summed E-state index contributed by atoms with van der Waals surface area (Å²) in [6.45, 7) is 1.71. The zero-order chi connectivity index (χ0) is 7.72. The van der Waals surface area contributed by atoms with Gasteiger partial charge in [0.1, 0.15) is 5.69 Å². The van der Waals surface area contributed by atoms with Crippen LogP contribution in [0.4, 0.5) is 5.69 Å². The van der Waals surface area contributed by atoms with Crippen LogP contribution in [-0.4, -0.2) is 9.55 Å². The van der Waals surface area contributed by atoms with E-state index in [0.717, 1.165) is 0 Å². The molecule has 0 atom stereocenters. The van der Waals surface area contributed by atoms with Crippen molar-refractivity contribution in [3.63, 3.8) is 0 Å². The largest absolute Gasteiger partial charge is 0.393 e. The predicted molar refractivity (Wildman–Crippen MR) is 38.6 cm³/mol. The van der Waals surface area contributed by atoms with Gasteiger partial charge in [0, 0.05) is 7.05 Å². The first-order valence-corrected chi connectivity index (χ1v) is 2.90. The monoisotopic (exact) mass is 139 g/mol. The minimum atomic E-state index is -0.187. The second-order valence-electron chi connectivity index (χ2n) is 2.16. The quantitative estimate of drug-likeness (QED) is 0.535. The lowest BCUT2D eigenvalue weighted by Gasteiger charge is -1.99. The Balaban J connectivity index is 3.50. The van der Waals surface area contributed by atoms with Crippen molar-refractivity contribution in [1.82, 2.24) is 9.55 Å². The van der Waals surface area contributed by atoms with Gasteiger partial charge in [0.05, 0.1) is 12.0 Å². The number of anilines is 1. The van der Waals surface area contributed by atoms with Gasteiger partial charge >= 0.3 is 0 Å². The molecule has 0 aliphatic heterocycles. The number of nitrogens with two attached hydrogens (primary N) is 1. The second-order valence-corrected chi connectivity index (χ2v) is 2.16. The maximum Gasteiger partial charge on any atom is 0.276 e. The number of hydrogen-bond donors (Lipinski definition) is 1. The van der Waals surface area contributed by atoms with Gasteiger partial charge in [0.2, 0.25) is 0 Å². The summed E-state index contributed by atoms with van der Waals surface area (Å²) in [5.41, 5.74) is 6.01. The highest BCUT2D eigenvalue weighted by Gasteiger charge is 1.99. The van der Waals surface area contributed by atoms with E-state index in [0.29, 0.717) is 5.69 Å². The maximum atomic E-state index is 11.0. The van der Waals surface area contributed by atoms with Crippen LogP contribution >= 0.6 is 0 Å². The van der Waals surface area contributed by atoms with Gasteiger partial charge in [0.15, 0.2) is 0 Å². The molecule has 1 heterocycles. The topological polar surface area (TPSA) is 60.9 Å². The Kier molecular flexibility index (Phi) is 1.45. The minimum absolute atomic E-state index is 0.187. The molecule has 0 aliphatic carbocycles. The van der Waals surface area contributed by atoms with E-state index in [1.54, 1.807) is 14.0 Å². The molecule has 4 nitrogen and oxygen atoms in total. The molecular formula is C6H9N3O. The van der Waals surface area contributed by atoms with Gasteiger partial charge in [-0.25, -0.2) is 4.98 Å².